The Labute approximate surface area is 135 Å². The van der Waals surface area contributed by atoms with E-state index >= 15 is 0 Å². The quantitative estimate of drug-likeness (QED) is 0.608. The van der Waals surface area contributed by atoms with Gasteiger partial charge >= 0.3 is 0 Å². The van der Waals surface area contributed by atoms with Gasteiger partial charge in [0.1, 0.15) is 5.76 Å². The lowest BCUT2D eigenvalue weighted by atomic mass is 10.3. The number of aromatic nitrogens is 1. The van der Waals surface area contributed by atoms with Crippen molar-refractivity contribution < 1.29 is 4.42 Å². The normalized spacial score (nSPS) is 11.7. The van der Waals surface area contributed by atoms with E-state index in [4.69, 9.17) is 4.42 Å². The van der Waals surface area contributed by atoms with E-state index in [1.807, 2.05) is 19.1 Å². The van der Waals surface area contributed by atoms with Gasteiger partial charge in [0.2, 0.25) is 0 Å². The summed E-state index contributed by atoms with van der Waals surface area (Å²) in [5.41, 5.74) is 1.13. The highest BCUT2D eigenvalue weighted by atomic mass is 32.1. The van der Waals surface area contributed by atoms with Crippen molar-refractivity contribution >= 4 is 17.3 Å². The first-order valence-corrected chi connectivity index (χ1v) is 8.48. The molecule has 120 valence electrons. The van der Waals surface area contributed by atoms with E-state index in [9.17, 15) is 0 Å². The highest BCUT2D eigenvalue weighted by Gasteiger charge is 2.04. The molecule has 0 aliphatic rings. The molecule has 6 heteroatoms. The van der Waals surface area contributed by atoms with Gasteiger partial charge in [0.25, 0.3) is 0 Å². The first kappa shape index (κ1) is 16.5. The van der Waals surface area contributed by atoms with Gasteiger partial charge < -0.3 is 15.1 Å². The van der Waals surface area contributed by atoms with E-state index in [2.05, 4.69) is 34.5 Å². The van der Waals surface area contributed by atoms with Crippen LogP contribution in [-0.2, 0) is 12.8 Å². The molecule has 2 rings (SSSR count). The Hall–Kier alpha value is -1.82. The molecule has 2 aromatic rings. The maximum Gasteiger partial charge on any atom is 0.191 e. The van der Waals surface area contributed by atoms with Crippen LogP contribution in [0.15, 0.2) is 27.8 Å². The molecular formula is C16H24N4OS. The molecule has 0 unspecified atom stereocenters. The van der Waals surface area contributed by atoms with Gasteiger partial charge in [-0.15, -0.1) is 11.3 Å². The first-order chi connectivity index (χ1) is 10.7. The SMILES string of the molecule is CCNC(=NCCc1sc(C)nc1C)NCCc1ccco1. The van der Waals surface area contributed by atoms with E-state index in [1.165, 1.54) is 4.88 Å². The second kappa shape index (κ2) is 8.58. The molecule has 2 aromatic heterocycles. The van der Waals surface area contributed by atoms with Crippen LogP contribution in [0.3, 0.4) is 0 Å². The number of rotatable bonds is 7. The Morgan fingerprint density at radius 2 is 2.18 bits per heavy atom. The molecule has 0 aliphatic carbocycles. The van der Waals surface area contributed by atoms with Gasteiger partial charge in [0, 0.05) is 37.4 Å². The van der Waals surface area contributed by atoms with E-state index in [0.717, 1.165) is 54.9 Å². The summed E-state index contributed by atoms with van der Waals surface area (Å²) < 4.78 is 5.32. The number of guanidine groups is 1. The Balaban J connectivity index is 1.80. The fourth-order valence-corrected chi connectivity index (χ4v) is 3.10. The van der Waals surface area contributed by atoms with Gasteiger partial charge in [0.15, 0.2) is 5.96 Å². The topological polar surface area (TPSA) is 62.5 Å². The van der Waals surface area contributed by atoms with E-state index in [1.54, 1.807) is 17.6 Å². The fourth-order valence-electron chi connectivity index (χ4n) is 2.18. The number of nitrogens with one attached hydrogen (secondary N) is 2. The molecule has 0 aliphatic heterocycles. The molecule has 0 bridgehead atoms. The van der Waals surface area contributed by atoms with Gasteiger partial charge in [-0.2, -0.15) is 0 Å². The van der Waals surface area contributed by atoms with Crippen LogP contribution < -0.4 is 10.6 Å². The van der Waals surface area contributed by atoms with E-state index in [-0.39, 0.29) is 0 Å². The second-order valence-corrected chi connectivity index (χ2v) is 6.30. The number of aryl methyl sites for hydroxylation is 2. The Morgan fingerprint density at radius 1 is 1.32 bits per heavy atom. The molecule has 0 aromatic carbocycles. The van der Waals surface area contributed by atoms with Crippen molar-refractivity contribution in [1.29, 1.82) is 0 Å². The molecular weight excluding hydrogens is 296 g/mol. The summed E-state index contributed by atoms with van der Waals surface area (Å²) in [5.74, 6) is 1.84. The molecule has 0 saturated carbocycles. The summed E-state index contributed by atoms with van der Waals surface area (Å²) in [5, 5.41) is 7.72. The first-order valence-electron chi connectivity index (χ1n) is 7.66. The van der Waals surface area contributed by atoms with Crippen molar-refractivity contribution in [2.24, 2.45) is 4.99 Å². The third kappa shape index (κ3) is 5.18. The molecule has 2 heterocycles. The second-order valence-electron chi connectivity index (χ2n) is 5.01. The highest BCUT2D eigenvalue weighted by molar-refractivity contribution is 7.11. The van der Waals surface area contributed by atoms with Gasteiger partial charge in [-0.1, -0.05) is 0 Å². The molecule has 0 saturated heterocycles. The zero-order valence-corrected chi connectivity index (χ0v) is 14.3. The van der Waals surface area contributed by atoms with Crippen molar-refractivity contribution in [1.82, 2.24) is 15.6 Å². The Morgan fingerprint density at radius 3 is 2.82 bits per heavy atom. The molecule has 22 heavy (non-hydrogen) atoms. The summed E-state index contributed by atoms with van der Waals surface area (Å²) >= 11 is 1.76. The Bertz CT molecular complexity index is 589. The van der Waals surface area contributed by atoms with Crippen molar-refractivity contribution in [2.45, 2.75) is 33.6 Å². The van der Waals surface area contributed by atoms with Crippen LogP contribution in [0.25, 0.3) is 0 Å². The molecule has 0 fully saturated rings. The van der Waals surface area contributed by atoms with Crippen molar-refractivity contribution in [2.75, 3.05) is 19.6 Å². The summed E-state index contributed by atoms with van der Waals surface area (Å²) in [6.45, 7) is 8.60. The molecule has 0 atom stereocenters. The van der Waals surface area contributed by atoms with Crippen LogP contribution in [0, 0.1) is 13.8 Å². The molecule has 0 spiro atoms. The standard InChI is InChI=1S/C16H24N4OS/c1-4-17-16(18-9-7-14-6-5-11-21-14)19-10-8-15-12(2)20-13(3)22-15/h5-6,11H,4,7-10H2,1-3H3,(H2,17,18,19). The van der Waals surface area contributed by atoms with Crippen LogP contribution in [0.2, 0.25) is 0 Å². The summed E-state index contributed by atoms with van der Waals surface area (Å²) in [6.07, 6.45) is 3.49. The van der Waals surface area contributed by atoms with E-state index in [0.29, 0.717) is 0 Å². The third-order valence-electron chi connectivity index (χ3n) is 3.20. The zero-order chi connectivity index (χ0) is 15.8. The lowest BCUT2D eigenvalue weighted by molar-refractivity contribution is 0.507. The van der Waals surface area contributed by atoms with E-state index < -0.39 is 0 Å². The lowest BCUT2D eigenvalue weighted by Crippen LogP contribution is -2.38. The molecule has 2 N–H and O–H groups in total. The van der Waals surface area contributed by atoms with Gasteiger partial charge in [-0.25, -0.2) is 4.98 Å². The van der Waals surface area contributed by atoms with Gasteiger partial charge in [-0.3, -0.25) is 4.99 Å². The van der Waals surface area contributed by atoms with Gasteiger partial charge in [0.05, 0.1) is 17.0 Å². The number of aliphatic imine (C=N–C) groups is 1. The van der Waals surface area contributed by atoms with Crippen molar-refractivity contribution in [3.05, 3.63) is 39.7 Å². The average Bonchev–Trinajstić information content (AvgIpc) is 3.09. The zero-order valence-electron chi connectivity index (χ0n) is 13.5. The number of nitrogens with zero attached hydrogens (tertiary/aromatic N) is 2. The minimum atomic E-state index is 0.762. The highest BCUT2D eigenvalue weighted by Crippen LogP contribution is 2.17. The summed E-state index contributed by atoms with van der Waals surface area (Å²) in [7, 11) is 0. The molecule has 5 nitrogen and oxygen atoms in total. The maximum absolute atomic E-state index is 5.32. The summed E-state index contributed by atoms with van der Waals surface area (Å²) in [6, 6.07) is 3.90. The predicted octanol–water partition coefficient (Wildman–Crippen LogP) is 2.69. The average molecular weight is 320 g/mol. The van der Waals surface area contributed by atoms with Crippen LogP contribution in [0.5, 0.6) is 0 Å². The van der Waals surface area contributed by atoms with Crippen molar-refractivity contribution in [3.8, 4) is 0 Å². The van der Waals surface area contributed by atoms with Gasteiger partial charge in [-0.05, 0) is 32.9 Å². The lowest BCUT2D eigenvalue weighted by Gasteiger charge is -2.10. The number of furan rings is 1. The molecule has 0 amide bonds. The van der Waals surface area contributed by atoms with Crippen LogP contribution in [-0.4, -0.2) is 30.6 Å². The van der Waals surface area contributed by atoms with Crippen LogP contribution >= 0.6 is 11.3 Å². The minimum Gasteiger partial charge on any atom is -0.469 e. The monoisotopic (exact) mass is 320 g/mol. The number of hydrogen-bond acceptors (Lipinski definition) is 4. The predicted molar refractivity (Wildman–Crippen MR) is 91.7 cm³/mol. The van der Waals surface area contributed by atoms with Crippen molar-refractivity contribution in [3.63, 3.8) is 0 Å². The number of thiazole rings is 1. The van der Waals surface area contributed by atoms with Crippen LogP contribution in [0.1, 0.15) is 28.3 Å². The smallest absolute Gasteiger partial charge is 0.191 e. The fraction of sp³-hybridized carbons (Fsp3) is 0.500. The number of hydrogen-bond donors (Lipinski definition) is 2. The summed E-state index contributed by atoms with van der Waals surface area (Å²) in [4.78, 5) is 10.4. The minimum absolute atomic E-state index is 0.762. The maximum atomic E-state index is 5.32. The molecule has 0 radical (unpaired) electrons. The Kier molecular flexibility index (Phi) is 6.45. The van der Waals surface area contributed by atoms with Crippen LogP contribution in [0.4, 0.5) is 0 Å². The third-order valence-corrected chi connectivity index (χ3v) is 4.33. The largest absolute Gasteiger partial charge is 0.469 e.